The van der Waals surface area contributed by atoms with Crippen molar-refractivity contribution in [1.29, 1.82) is 0 Å². The van der Waals surface area contributed by atoms with Gasteiger partial charge in [0, 0.05) is 38.6 Å². The number of hydrogen-bond donors (Lipinski definition) is 0. The van der Waals surface area contributed by atoms with Gasteiger partial charge in [0.2, 0.25) is 5.91 Å². The van der Waals surface area contributed by atoms with Crippen LogP contribution in [0.15, 0.2) is 42.0 Å². The summed E-state index contributed by atoms with van der Waals surface area (Å²) in [6, 6.07) is 7.65. The highest BCUT2D eigenvalue weighted by molar-refractivity contribution is 7.12. The van der Waals surface area contributed by atoms with E-state index in [0.29, 0.717) is 19.6 Å². The topological polar surface area (TPSA) is 53.5 Å². The van der Waals surface area contributed by atoms with Gasteiger partial charge in [-0.05, 0) is 42.3 Å². The summed E-state index contributed by atoms with van der Waals surface area (Å²) >= 11 is 1.46. The predicted octanol–water partition coefficient (Wildman–Crippen LogP) is 2.80. The second-order valence-corrected chi connectivity index (χ2v) is 7.87. The summed E-state index contributed by atoms with van der Waals surface area (Å²) in [7, 11) is 0. The van der Waals surface area contributed by atoms with Crippen LogP contribution < -0.4 is 0 Å². The molecule has 2 aliphatic rings. The number of nitrogens with zero attached hydrogens (tertiary/aromatic N) is 3. The molecule has 5 nitrogen and oxygen atoms in total. The minimum absolute atomic E-state index is 0.0593. The zero-order chi connectivity index (χ0) is 17.3. The van der Waals surface area contributed by atoms with Crippen molar-refractivity contribution in [3.8, 4) is 0 Å². The number of piperidine rings is 1. The smallest absolute Gasteiger partial charge is 0.263 e. The van der Waals surface area contributed by atoms with Crippen LogP contribution in [0, 0.1) is 5.41 Å². The van der Waals surface area contributed by atoms with Crippen LogP contribution in [0.25, 0.3) is 0 Å². The van der Waals surface area contributed by atoms with Crippen molar-refractivity contribution in [2.24, 2.45) is 5.41 Å². The molecule has 0 saturated carbocycles. The average molecular weight is 355 g/mol. The first kappa shape index (κ1) is 16.3. The highest BCUT2D eigenvalue weighted by Crippen LogP contribution is 2.41. The molecule has 0 bridgehead atoms. The molecule has 2 aromatic heterocycles. The van der Waals surface area contributed by atoms with Gasteiger partial charge in [-0.1, -0.05) is 12.1 Å². The standard InChI is InChI=1S/C19H21N3O2S/c23-17(16-5-2-11-25-16)22-10-7-19(14-22)6-3-9-21(18(19)24)13-15-4-1-8-20-12-15/h1-2,4-5,8,11-12H,3,6-7,9-10,13-14H2/t19-/m1/s1. The summed E-state index contributed by atoms with van der Waals surface area (Å²) in [5, 5.41) is 1.92. The number of amides is 2. The number of thiophene rings is 1. The van der Waals surface area contributed by atoms with Gasteiger partial charge in [-0.2, -0.15) is 0 Å². The third-order valence-corrected chi connectivity index (χ3v) is 6.15. The Morgan fingerprint density at radius 2 is 2.16 bits per heavy atom. The Morgan fingerprint density at radius 1 is 1.24 bits per heavy atom. The van der Waals surface area contributed by atoms with Crippen LogP contribution >= 0.6 is 11.3 Å². The molecule has 130 valence electrons. The lowest BCUT2D eigenvalue weighted by Gasteiger charge is -2.39. The zero-order valence-corrected chi connectivity index (χ0v) is 14.9. The molecule has 2 aromatic rings. The maximum Gasteiger partial charge on any atom is 0.263 e. The van der Waals surface area contributed by atoms with Gasteiger partial charge in [0.05, 0.1) is 10.3 Å². The first-order valence-electron chi connectivity index (χ1n) is 8.69. The van der Waals surface area contributed by atoms with Crippen LogP contribution in [0.3, 0.4) is 0 Å². The van der Waals surface area contributed by atoms with E-state index in [9.17, 15) is 9.59 Å². The average Bonchev–Trinajstić information content (AvgIpc) is 3.31. The Labute approximate surface area is 151 Å². The first-order valence-corrected chi connectivity index (χ1v) is 9.57. The quantitative estimate of drug-likeness (QED) is 0.851. The molecule has 0 N–H and O–H groups in total. The van der Waals surface area contributed by atoms with Gasteiger partial charge in [0.25, 0.3) is 5.91 Å². The summed E-state index contributed by atoms with van der Waals surface area (Å²) in [6.45, 7) is 2.61. The van der Waals surface area contributed by atoms with Gasteiger partial charge in [0.15, 0.2) is 0 Å². The fraction of sp³-hybridized carbons (Fsp3) is 0.421. The molecule has 0 unspecified atom stereocenters. The fourth-order valence-corrected chi connectivity index (χ4v) is 4.69. The second-order valence-electron chi connectivity index (χ2n) is 6.93. The summed E-state index contributed by atoms with van der Waals surface area (Å²) in [4.78, 5) is 34.5. The maximum atomic E-state index is 13.2. The van der Waals surface area contributed by atoms with E-state index < -0.39 is 5.41 Å². The van der Waals surface area contributed by atoms with Crippen molar-refractivity contribution in [1.82, 2.24) is 14.8 Å². The molecule has 0 aliphatic carbocycles. The second kappa shape index (κ2) is 6.59. The summed E-state index contributed by atoms with van der Waals surface area (Å²) < 4.78 is 0. The minimum atomic E-state index is -0.395. The number of likely N-dealkylation sites (tertiary alicyclic amines) is 2. The lowest BCUT2D eigenvalue weighted by atomic mass is 9.78. The Bertz CT molecular complexity index is 762. The lowest BCUT2D eigenvalue weighted by Crippen LogP contribution is -2.50. The Morgan fingerprint density at radius 3 is 2.92 bits per heavy atom. The molecule has 2 aliphatic heterocycles. The van der Waals surface area contributed by atoms with Crippen LogP contribution in [-0.2, 0) is 11.3 Å². The lowest BCUT2D eigenvalue weighted by molar-refractivity contribution is -0.146. The maximum absolute atomic E-state index is 13.2. The Kier molecular flexibility index (Phi) is 4.29. The molecule has 2 saturated heterocycles. The Hall–Kier alpha value is -2.21. The van der Waals surface area contributed by atoms with Crippen LogP contribution in [0.4, 0.5) is 0 Å². The highest BCUT2D eigenvalue weighted by Gasteiger charge is 2.49. The Balaban J connectivity index is 1.48. The van der Waals surface area contributed by atoms with E-state index in [4.69, 9.17) is 0 Å². The summed E-state index contributed by atoms with van der Waals surface area (Å²) in [5.74, 6) is 0.258. The van der Waals surface area contributed by atoms with E-state index in [2.05, 4.69) is 4.98 Å². The number of pyridine rings is 1. The van der Waals surface area contributed by atoms with E-state index in [1.54, 1.807) is 6.20 Å². The molecule has 2 fully saturated rings. The fourth-order valence-electron chi connectivity index (χ4n) is 4.00. The molecular formula is C19H21N3O2S. The molecule has 4 rings (SSSR count). The van der Waals surface area contributed by atoms with Crippen LogP contribution in [-0.4, -0.2) is 46.2 Å². The van der Waals surface area contributed by atoms with Crippen molar-refractivity contribution in [3.05, 3.63) is 52.5 Å². The van der Waals surface area contributed by atoms with Gasteiger partial charge in [-0.15, -0.1) is 11.3 Å². The minimum Gasteiger partial charge on any atom is -0.338 e. The number of carbonyl (C=O) groups is 2. The van der Waals surface area contributed by atoms with E-state index in [1.807, 2.05) is 45.6 Å². The SMILES string of the molecule is O=C(c1cccs1)N1CC[C@]2(CCCN(Cc3cccnc3)C2=O)C1. The van der Waals surface area contributed by atoms with Crippen molar-refractivity contribution in [3.63, 3.8) is 0 Å². The molecule has 2 amide bonds. The van der Waals surface area contributed by atoms with Crippen molar-refractivity contribution in [2.75, 3.05) is 19.6 Å². The normalized spacial score (nSPS) is 23.4. The molecule has 25 heavy (non-hydrogen) atoms. The van der Waals surface area contributed by atoms with Crippen LogP contribution in [0.5, 0.6) is 0 Å². The molecule has 1 spiro atoms. The van der Waals surface area contributed by atoms with Crippen molar-refractivity contribution < 1.29 is 9.59 Å². The first-order chi connectivity index (χ1) is 12.2. The third-order valence-electron chi connectivity index (χ3n) is 5.29. The van der Waals surface area contributed by atoms with Crippen molar-refractivity contribution >= 4 is 23.2 Å². The van der Waals surface area contributed by atoms with Gasteiger partial charge in [-0.3, -0.25) is 14.6 Å². The highest BCUT2D eigenvalue weighted by atomic mass is 32.1. The van der Waals surface area contributed by atoms with E-state index in [0.717, 1.165) is 36.2 Å². The van der Waals surface area contributed by atoms with Gasteiger partial charge in [0.1, 0.15) is 0 Å². The summed E-state index contributed by atoms with van der Waals surface area (Å²) in [5.41, 5.74) is 0.658. The number of rotatable bonds is 3. The van der Waals surface area contributed by atoms with Gasteiger partial charge >= 0.3 is 0 Å². The van der Waals surface area contributed by atoms with Crippen LogP contribution in [0.2, 0.25) is 0 Å². The zero-order valence-electron chi connectivity index (χ0n) is 14.1. The van der Waals surface area contributed by atoms with Gasteiger partial charge < -0.3 is 9.80 Å². The molecule has 0 radical (unpaired) electrons. The predicted molar refractivity (Wildman–Crippen MR) is 96.2 cm³/mol. The van der Waals surface area contributed by atoms with E-state index in [-0.39, 0.29) is 11.8 Å². The number of aromatic nitrogens is 1. The van der Waals surface area contributed by atoms with Gasteiger partial charge in [-0.25, -0.2) is 0 Å². The van der Waals surface area contributed by atoms with Crippen molar-refractivity contribution in [2.45, 2.75) is 25.8 Å². The summed E-state index contributed by atoms with van der Waals surface area (Å²) in [6.07, 6.45) is 6.20. The van der Waals surface area contributed by atoms with E-state index >= 15 is 0 Å². The van der Waals surface area contributed by atoms with Crippen LogP contribution in [0.1, 0.15) is 34.5 Å². The largest absolute Gasteiger partial charge is 0.338 e. The molecule has 4 heterocycles. The molecular weight excluding hydrogens is 334 g/mol. The molecule has 6 heteroatoms. The number of hydrogen-bond acceptors (Lipinski definition) is 4. The molecule has 0 aromatic carbocycles. The monoisotopic (exact) mass is 355 g/mol. The third kappa shape index (κ3) is 3.06. The molecule has 1 atom stereocenters. The van der Waals surface area contributed by atoms with E-state index in [1.165, 1.54) is 11.3 Å². The number of carbonyl (C=O) groups excluding carboxylic acids is 2.